The van der Waals surface area contributed by atoms with E-state index in [1.807, 2.05) is 0 Å². The van der Waals surface area contributed by atoms with E-state index in [2.05, 4.69) is 16.0 Å². The summed E-state index contributed by atoms with van der Waals surface area (Å²) in [5.41, 5.74) is 1.20. The van der Waals surface area contributed by atoms with Gasteiger partial charge in [-0.1, -0.05) is 24.3 Å². The molecule has 4 N–H and O–H groups in total. The summed E-state index contributed by atoms with van der Waals surface area (Å²) in [5.74, 6) is -2.88. The van der Waals surface area contributed by atoms with Gasteiger partial charge in [0.1, 0.15) is 5.82 Å². The van der Waals surface area contributed by atoms with E-state index in [9.17, 15) is 23.9 Å². The molecule has 3 amide bonds. The number of halogens is 1. The van der Waals surface area contributed by atoms with Gasteiger partial charge in [0.2, 0.25) is 0 Å². The van der Waals surface area contributed by atoms with Crippen LogP contribution in [0.1, 0.15) is 27.6 Å². The molecule has 0 bridgehead atoms. The normalized spacial score (nSPS) is 11.4. The summed E-state index contributed by atoms with van der Waals surface area (Å²) >= 11 is 0. The molecule has 142 valence electrons. The Morgan fingerprint density at radius 2 is 1.78 bits per heavy atom. The molecule has 0 aliphatic rings. The third kappa shape index (κ3) is 4.89. The van der Waals surface area contributed by atoms with Crippen molar-refractivity contribution >= 4 is 23.4 Å². The number of hydrogen-bond donors (Lipinski definition) is 4. The van der Waals surface area contributed by atoms with Gasteiger partial charge in [0.05, 0.1) is 6.10 Å². The van der Waals surface area contributed by atoms with Crippen LogP contribution < -0.4 is 16.0 Å². The Kier molecular flexibility index (Phi) is 6.62. The molecule has 2 aromatic carbocycles. The van der Waals surface area contributed by atoms with E-state index in [1.54, 1.807) is 31.2 Å². The van der Waals surface area contributed by atoms with Crippen molar-refractivity contribution in [2.75, 3.05) is 18.9 Å². The zero-order valence-electron chi connectivity index (χ0n) is 14.9. The molecular formula is C19H20FN3O4. The standard InChI is InChI=1S/C19H20FN3O4/c1-11-12(17(25)21-2)7-5-9-15(11)23-19(27)18(26)22-10-16(24)13-6-3-4-8-14(13)20/h3-9,16,24H,10H2,1-2H3,(H,21,25)(H,22,26)(H,23,27)/t16-/m1/s1. The van der Waals surface area contributed by atoms with E-state index < -0.39 is 23.7 Å². The van der Waals surface area contributed by atoms with Crippen LogP contribution in [0.15, 0.2) is 42.5 Å². The zero-order chi connectivity index (χ0) is 20.0. The van der Waals surface area contributed by atoms with Crippen LogP contribution in [0.4, 0.5) is 10.1 Å². The lowest BCUT2D eigenvalue weighted by Gasteiger charge is -2.14. The van der Waals surface area contributed by atoms with Crippen molar-refractivity contribution in [3.05, 3.63) is 65.0 Å². The summed E-state index contributed by atoms with van der Waals surface area (Å²) in [5, 5.41) is 17.1. The van der Waals surface area contributed by atoms with Crippen molar-refractivity contribution in [1.82, 2.24) is 10.6 Å². The van der Waals surface area contributed by atoms with Gasteiger partial charge < -0.3 is 21.1 Å². The van der Waals surface area contributed by atoms with Crippen LogP contribution in [0.3, 0.4) is 0 Å². The largest absolute Gasteiger partial charge is 0.386 e. The molecule has 0 saturated carbocycles. The molecule has 0 aliphatic carbocycles. The first-order chi connectivity index (χ1) is 12.8. The molecule has 27 heavy (non-hydrogen) atoms. The van der Waals surface area contributed by atoms with E-state index in [4.69, 9.17) is 0 Å². The molecular weight excluding hydrogens is 353 g/mol. The first kappa shape index (κ1) is 20.1. The molecule has 0 aliphatic heterocycles. The van der Waals surface area contributed by atoms with Crippen LogP contribution in [-0.2, 0) is 9.59 Å². The van der Waals surface area contributed by atoms with E-state index in [-0.39, 0.29) is 18.0 Å². The maximum absolute atomic E-state index is 13.6. The molecule has 7 nitrogen and oxygen atoms in total. The van der Waals surface area contributed by atoms with Crippen LogP contribution in [0.25, 0.3) is 0 Å². The molecule has 0 heterocycles. The average Bonchev–Trinajstić information content (AvgIpc) is 2.67. The van der Waals surface area contributed by atoms with Gasteiger partial charge >= 0.3 is 11.8 Å². The van der Waals surface area contributed by atoms with Gasteiger partial charge in [0.15, 0.2) is 0 Å². The fraction of sp³-hybridized carbons (Fsp3) is 0.211. The van der Waals surface area contributed by atoms with Gasteiger partial charge in [0, 0.05) is 30.4 Å². The summed E-state index contributed by atoms with van der Waals surface area (Å²) in [7, 11) is 1.49. The monoisotopic (exact) mass is 373 g/mol. The maximum Gasteiger partial charge on any atom is 0.313 e. The minimum absolute atomic E-state index is 0.0207. The predicted molar refractivity (Wildman–Crippen MR) is 97.6 cm³/mol. The van der Waals surface area contributed by atoms with E-state index >= 15 is 0 Å². The van der Waals surface area contributed by atoms with Crippen molar-refractivity contribution in [2.24, 2.45) is 0 Å². The van der Waals surface area contributed by atoms with Crippen molar-refractivity contribution in [3.8, 4) is 0 Å². The number of rotatable bonds is 5. The highest BCUT2D eigenvalue weighted by molar-refractivity contribution is 6.39. The van der Waals surface area contributed by atoms with Gasteiger partial charge in [-0.25, -0.2) is 4.39 Å². The Bertz CT molecular complexity index is 870. The maximum atomic E-state index is 13.6. The Morgan fingerprint density at radius 1 is 1.07 bits per heavy atom. The predicted octanol–water partition coefficient (Wildman–Crippen LogP) is 1.28. The van der Waals surface area contributed by atoms with E-state index in [0.717, 1.165) is 0 Å². The van der Waals surface area contributed by atoms with Crippen LogP contribution in [0.2, 0.25) is 0 Å². The van der Waals surface area contributed by atoms with Crippen LogP contribution in [0.5, 0.6) is 0 Å². The summed E-state index contributed by atoms with van der Waals surface area (Å²) in [6.07, 6.45) is -1.29. The highest BCUT2D eigenvalue weighted by atomic mass is 19.1. The van der Waals surface area contributed by atoms with Crippen molar-refractivity contribution in [2.45, 2.75) is 13.0 Å². The number of aliphatic hydroxyl groups excluding tert-OH is 1. The summed E-state index contributed by atoms with van der Waals surface area (Å²) in [6, 6.07) is 10.3. The number of carbonyl (C=O) groups is 3. The Labute approximate surface area is 155 Å². The summed E-state index contributed by atoms with van der Waals surface area (Å²) < 4.78 is 13.6. The average molecular weight is 373 g/mol. The van der Waals surface area contributed by atoms with Gasteiger partial charge in [-0.3, -0.25) is 14.4 Å². The Morgan fingerprint density at radius 3 is 2.44 bits per heavy atom. The molecule has 0 fully saturated rings. The van der Waals surface area contributed by atoms with Crippen LogP contribution in [0, 0.1) is 12.7 Å². The Hall–Kier alpha value is -3.26. The van der Waals surface area contributed by atoms with Gasteiger partial charge in [-0.15, -0.1) is 0 Å². The van der Waals surface area contributed by atoms with Gasteiger partial charge in [0.25, 0.3) is 5.91 Å². The third-order valence-corrected chi connectivity index (χ3v) is 3.98. The number of aliphatic hydroxyl groups is 1. The highest BCUT2D eigenvalue weighted by Crippen LogP contribution is 2.19. The summed E-state index contributed by atoms with van der Waals surface area (Å²) in [6.45, 7) is 1.31. The van der Waals surface area contributed by atoms with Crippen molar-refractivity contribution < 1.29 is 23.9 Å². The Balaban J connectivity index is 1.99. The number of hydrogen-bond acceptors (Lipinski definition) is 4. The smallest absolute Gasteiger partial charge is 0.313 e. The lowest BCUT2D eigenvalue weighted by atomic mass is 10.1. The zero-order valence-corrected chi connectivity index (χ0v) is 14.9. The number of anilines is 1. The quantitative estimate of drug-likeness (QED) is 0.592. The van der Waals surface area contributed by atoms with Crippen molar-refractivity contribution in [1.29, 1.82) is 0 Å². The number of benzene rings is 2. The number of carbonyl (C=O) groups excluding carboxylic acids is 3. The minimum Gasteiger partial charge on any atom is -0.386 e. The van der Waals surface area contributed by atoms with Crippen LogP contribution >= 0.6 is 0 Å². The molecule has 2 aromatic rings. The van der Waals surface area contributed by atoms with E-state index in [1.165, 1.54) is 25.2 Å². The molecule has 1 atom stereocenters. The molecule has 0 spiro atoms. The highest BCUT2D eigenvalue weighted by Gasteiger charge is 2.19. The topological polar surface area (TPSA) is 108 Å². The third-order valence-electron chi connectivity index (χ3n) is 3.98. The molecule has 0 saturated heterocycles. The lowest BCUT2D eigenvalue weighted by Crippen LogP contribution is -2.38. The molecule has 0 radical (unpaired) electrons. The first-order valence-corrected chi connectivity index (χ1v) is 8.18. The second kappa shape index (κ2) is 8.91. The molecule has 0 unspecified atom stereocenters. The molecule has 2 rings (SSSR count). The lowest BCUT2D eigenvalue weighted by molar-refractivity contribution is -0.136. The number of amides is 3. The first-order valence-electron chi connectivity index (χ1n) is 8.18. The number of nitrogens with one attached hydrogen (secondary N) is 3. The van der Waals surface area contributed by atoms with E-state index in [0.29, 0.717) is 16.8 Å². The minimum atomic E-state index is -1.29. The van der Waals surface area contributed by atoms with Crippen LogP contribution in [-0.4, -0.2) is 36.4 Å². The second-order valence-corrected chi connectivity index (χ2v) is 5.76. The van der Waals surface area contributed by atoms with Gasteiger partial charge in [-0.05, 0) is 30.7 Å². The summed E-state index contributed by atoms with van der Waals surface area (Å²) in [4.78, 5) is 35.8. The molecule has 8 heteroatoms. The SMILES string of the molecule is CNC(=O)c1cccc(NC(=O)C(=O)NC[C@@H](O)c2ccccc2F)c1C. The van der Waals surface area contributed by atoms with Crippen molar-refractivity contribution in [3.63, 3.8) is 0 Å². The fourth-order valence-electron chi connectivity index (χ4n) is 2.46. The second-order valence-electron chi connectivity index (χ2n) is 5.76. The fourth-order valence-corrected chi connectivity index (χ4v) is 2.46. The van der Waals surface area contributed by atoms with Gasteiger partial charge in [-0.2, -0.15) is 0 Å². The molecule has 0 aromatic heterocycles.